The SMILES string of the molecule is CC(=O)CCCNc1ccc(C)c(C)c1C. The van der Waals surface area contributed by atoms with Crippen molar-refractivity contribution >= 4 is 11.5 Å². The molecule has 0 amide bonds. The molecule has 1 aromatic rings. The first-order valence-electron chi connectivity index (χ1n) is 5.82. The number of Topliss-reactive ketones (excluding diaryl/α,β-unsaturated/α-hetero) is 1. The zero-order valence-corrected chi connectivity index (χ0v) is 10.7. The Labute approximate surface area is 98.1 Å². The molecule has 16 heavy (non-hydrogen) atoms. The molecule has 0 saturated carbocycles. The number of anilines is 1. The van der Waals surface area contributed by atoms with Gasteiger partial charge in [-0.15, -0.1) is 0 Å². The predicted molar refractivity (Wildman–Crippen MR) is 69.1 cm³/mol. The van der Waals surface area contributed by atoms with Gasteiger partial charge in [-0.1, -0.05) is 6.07 Å². The van der Waals surface area contributed by atoms with E-state index in [4.69, 9.17) is 0 Å². The maximum Gasteiger partial charge on any atom is 0.129 e. The Morgan fingerprint density at radius 1 is 1.19 bits per heavy atom. The third-order valence-corrected chi connectivity index (χ3v) is 3.08. The van der Waals surface area contributed by atoms with Crippen LogP contribution in [0.4, 0.5) is 5.69 Å². The molecule has 88 valence electrons. The molecule has 0 unspecified atom stereocenters. The Morgan fingerprint density at radius 3 is 2.50 bits per heavy atom. The Balaban J connectivity index is 2.55. The van der Waals surface area contributed by atoms with Crippen molar-refractivity contribution in [1.29, 1.82) is 0 Å². The molecule has 1 N–H and O–H groups in total. The largest absolute Gasteiger partial charge is 0.385 e. The second-order valence-electron chi connectivity index (χ2n) is 4.41. The third-order valence-electron chi connectivity index (χ3n) is 3.08. The predicted octanol–water partition coefficient (Wildman–Crippen LogP) is 3.39. The van der Waals surface area contributed by atoms with E-state index in [0.29, 0.717) is 6.42 Å². The van der Waals surface area contributed by atoms with Crippen LogP contribution >= 0.6 is 0 Å². The molecule has 0 atom stereocenters. The zero-order valence-electron chi connectivity index (χ0n) is 10.7. The fourth-order valence-corrected chi connectivity index (χ4v) is 1.71. The number of nitrogens with one attached hydrogen (secondary N) is 1. The highest BCUT2D eigenvalue weighted by Gasteiger charge is 2.02. The van der Waals surface area contributed by atoms with E-state index in [0.717, 1.165) is 13.0 Å². The van der Waals surface area contributed by atoms with Gasteiger partial charge in [0.2, 0.25) is 0 Å². The molecular weight excluding hydrogens is 198 g/mol. The number of aryl methyl sites for hydroxylation is 1. The summed E-state index contributed by atoms with van der Waals surface area (Å²) in [6.07, 6.45) is 1.57. The van der Waals surface area contributed by atoms with Crippen LogP contribution in [0.5, 0.6) is 0 Å². The molecule has 0 radical (unpaired) electrons. The van der Waals surface area contributed by atoms with E-state index in [2.05, 4.69) is 38.2 Å². The molecular formula is C14H21NO. The van der Waals surface area contributed by atoms with E-state index >= 15 is 0 Å². The molecule has 0 aliphatic carbocycles. The minimum Gasteiger partial charge on any atom is -0.385 e. The van der Waals surface area contributed by atoms with Crippen LogP contribution in [0.2, 0.25) is 0 Å². The van der Waals surface area contributed by atoms with E-state index in [1.807, 2.05) is 0 Å². The number of rotatable bonds is 5. The van der Waals surface area contributed by atoms with Crippen molar-refractivity contribution < 1.29 is 4.79 Å². The monoisotopic (exact) mass is 219 g/mol. The molecule has 0 aliphatic heterocycles. The number of hydrogen-bond acceptors (Lipinski definition) is 2. The molecule has 0 spiro atoms. The van der Waals surface area contributed by atoms with Gasteiger partial charge in [-0.05, 0) is 56.9 Å². The van der Waals surface area contributed by atoms with Crippen LogP contribution in [0, 0.1) is 20.8 Å². The van der Waals surface area contributed by atoms with Crippen LogP contribution in [0.25, 0.3) is 0 Å². The smallest absolute Gasteiger partial charge is 0.129 e. The fraction of sp³-hybridized carbons (Fsp3) is 0.500. The highest BCUT2D eigenvalue weighted by Crippen LogP contribution is 2.21. The van der Waals surface area contributed by atoms with Crippen molar-refractivity contribution in [3.63, 3.8) is 0 Å². The summed E-state index contributed by atoms with van der Waals surface area (Å²) in [4.78, 5) is 10.8. The summed E-state index contributed by atoms with van der Waals surface area (Å²) in [5, 5.41) is 3.38. The minimum atomic E-state index is 0.263. The Bertz CT molecular complexity index is 383. The molecule has 2 heteroatoms. The van der Waals surface area contributed by atoms with Gasteiger partial charge in [-0.3, -0.25) is 0 Å². The summed E-state index contributed by atoms with van der Waals surface area (Å²) in [7, 11) is 0. The molecule has 0 bridgehead atoms. The van der Waals surface area contributed by atoms with Crippen molar-refractivity contribution in [2.45, 2.75) is 40.5 Å². The van der Waals surface area contributed by atoms with Gasteiger partial charge in [-0.25, -0.2) is 0 Å². The van der Waals surface area contributed by atoms with Crippen molar-refractivity contribution in [3.05, 3.63) is 28.8 Å². The highest BCUT2D eigenvalue weighted by atomic mass is 16.1. The van der Waals surface area contributed by atoms with Gasteiger partial charge in [0.05, 0.1) is 0 Å². The van der Waals surface area contributed by atoms with E-state index in [1.54, 1.807) is 6.92 Å². The van der Waals surface area contributed by atoms with Crippen molar-refractivity contribution in [2.75, 3.05) is 11.9 Å². The lowest BCUT2D eigenvalue weighted by molar-refractivity contribution is -0.117. The third kappa shape index (κ3) is 3.37. The van der Waals surface area contributed by atoms with Crippen LogP contribution in [-0.2, 0) is 4.79 Å². The normalized spacial score (nSPS) is 10.2. The Kier molecular flexibility index (Phi) is 4.53. The molecule has 1 rings (SSSR count). The van der Waals surface area contributed by atoms with Crippen LogP contribution in [-0.4, -0.2) is 12.3 Å². The van der Waals surface area contributed by atoms with Crippen LogP contribution in [0.3, 0.4) is 0 Å². The standard InChI is InChI=1S/C14H21NO/c1-10-7-8-14(13(4)12(10)3)15-9-5-6-11(2)16/h7-8,15H,5-6,9H2,1-4H3. The molecule has 0 fully saturated rings. The maximum atomic E-state index is 10.8. The fourth-order valence-electron chi connectivity index (χ4n) is 1.71. The number of carbonyl (C=O) groups is 1. The average molecular weight is 219 g/mol. The summed E-state index contributed by atoms with van der Waals surface area (Å²) in [6.45, 7) is 8.91. The topological polar surface area (TPSA) is 29.1 Å². The van der Waals surface area contributed by atoms with Crippen molar-refractivity contribution in [3.8, 4) is 0 Å². The van der Waals surface area contributed by atoms with E-state index in [-0.39, 0.29) is 5.78 Å². The van der Waals surface area contributed by atoms with Crippen molar-refractivity contribution in [2.24, 2.45) is 0 Å². The number of hydrogen-bond donors (Lipinski definition) is 1. The van der Waals surface area contributed by atoms with Gasteiger partial charge < -0.3 is 10.1 Å². The summed E-state index contributed by atoms with van der Waals surface area (Å²) < 4.78 is 0. The summed E-state index contributed by atoms with van der Waals surface area (Å²) in [5.41, 5.74) is 5.16. The average Bonchev–Trinajstić information content (AvgIpc) is 2.23. The maximum absolute atomic E-state index is 10.8. The first-order chi connectivity index (χ1) is 7.52. The molecule has 0 aliphatic rings. The number of carbonyl (C=O) groups excluding carboxylic acids is 1. The lowest BCUT2D eigenvalue weighted by atomic mass is 10.0. The van der Waals surface area contributed by atoms with Gasteiger partial charge in [0.25, 0.3) is 0 Å². The van der Waals surface area contributed by atoms with Gasteiger partial charge >= 0.3 is 0 Å². The summed E-state index contributed by atoms with van der Waals surface area (Å²) in [6, 6.07) is 4.25. The summed E-state index contributed by atoms with van der Waals surface area (Å²) >= 11 is 0. The number of benzene rings is 1. The van der Waals surface area contributed by atoms with Gasteiger partial charge in [0.15, 0.2) is 0 Å². The lowest BCUT2D eigenvalue weighted by Gasteiger charge is -2.13. The molecule has 0 aromatic heterocycles. The summed E-state index contributed by atoms with van der Waals surface area (Å²) in [5.74, 6) is 0.263. The number of ketones is 1. The van der Waals surface area contributed by atoms with E-state index in [9.17, 15) is 4.79 Å². The van der Waals surface area contributed by atoms with Crippen LogP contribution in [0.15, 0.2) is 12.1 Å². The zero-order chi connectivity index (χ0) is 12.1. The second kappa shape index (κ2) is 5.69. The first-order valence-corrected chi connectivity index (χ1v) is 5.82. The Morgan fingerprint density at radius 2 is 1.88 bits per heavy atom. The lowest BCUT2D eigenvalue weighted by Crippen LogP contribution is -2.05. The van der Waals surface area contributed by atoms with Crippen LogP contribution in [0.1, 0.15) is 36.5 Å². The highest BCUT2D eigenvalue weighted by molar-refractivity contribution is 5.75. The Hall–Kier alpha value is -1.31. The quantitative estimate of drug-likeness (QED) is 0.769. The molecule has 2 nitrogen and oxygen atoms in total. The van der Waals surface area contributed by atoms with Gasteiger partial charge in [0, 0.05) is 18.7 Å². The van der Waals surface area contributed by atoms with E-state index < -0.39 is 0 Å². The molecule has 1 aromatic carbocycles. The molecule has 0 saturated heterocycles. The minimum absolute atomic E-state index is 0.263. The first kappa shape index (κ1) is 12.8. The van der Waals surface area contributed by atoms with Gasteiger partial charge in [0.1, 0.15) is 5.78 Å². The van der Waals surface area contributed by atoms with Crippen molar-refractivity contribution in [1.82, 2.24) is 0 Å². The van der Waals surface area contributed by atoms with Gasteiger partial charge in [-0.2, -0.15) is 0 Å². The molecule has 0 heterocycles. The van der Waals surface area contributed by atoms with Crippen LogP contribution < -0.4 is 5.32 Å². The second-order valence-corrected chi connectivity index (χ2v) is 4.41. The van der Waals surface area contributed by atoms with E-state index in [1.165, 1.54) is 22.4 Å².